The number of aromatic amines is 1. The van der Waals surface area contributed by atoms with Gasteiger partial charge in [0.1, 0.15) is 5.92 Å². The zero-order chi connectivity index (χ0) is 23.7. The number of fused-ring (bicyclic) bond motifs is 1. The lowest BCUT2D eigenvalue weighted by Gasteiger charge is -2.14. The SMILES string of the molecule is NCc1ccc(C(=Nc2ccc(-c3cnc[nH]3)cc2)C2C(=O)Nc3ccc([N+](=O)[O-])cc32)cc1. The van der Waals surface area contributed by atoms with Crippen LogP contribution < -0.4 is 11.1 Å². The Hall–Kier alpha value is -4.63. The largest absolute Gasteiger partial charge is 0.345 e. The number of carbonyl (C=O) groups excluding carboxylic acids is 1. The van der Waals surface area contributed by atoms with Crippen LogP contribution in [0.2, 0.25) is 0 Å². The molecule has 168 valence electrons. The molecule has 1 unspecified atom stereocenters. The third-order valence-corrected chi connectivity index (χ3v) is 5.76. The molecule has 34 heavy (non-hydrogen) atoms. The number of benzene rings is 3. The molecule has 5 rings (SSSR count). The van der Waals surface area contributed by atoms with Gasteiger partial charge in [0.05, 0.1) is 34.5 Å². The predicted octanol–water partition coefficient (Wildman–Crippen LogP) is 4.30. The maximum Gasteiger partial charge on any atom is 0.269 e. The maximum atomic E-state index is 13.1. The van der Waals surface area contributed by atoms with Crippen molar-refractivity contribution in [2.24, 2.45) is 10.7 Å². The fraction of sp³-hybridized carbons (Fsp3) is 0.0800. The van der Waals surface area contributed by atoms with E-state index < -0.39 is 10.8 Å². The molecule has 0 saturated carbocycles. The molecular formula is C25H20N6O3. The van der Waals surface area contributed by atoms with Crippen LogP contribution >= 0.6 is 0 Å². The first-order valence-electron chi connectivity index (χ1n) is 10.6. The van der Waals surface area contributed by atoms with E-state index in [1.54, 1.807) is 18.6 Å². The third kappa shape index (κ3) is 3.96. The van der Waals surface area contributed by atoms with Crippen LogP contribution in [0, 0.1) is 10.1 Å². The highest BCUT2D eigenvalue weighted by atomic mass is 16.6. The number of nitro benzene ring substituents is 1. The molecule has 1 aliphatic rings. The van der Waals surface area contributed by atoms with E-state index in [0.717, 1.165) is 22.4 Å². The molecule has 0 bridgehead atoms. The lowest BCUT2D eigenvalue weighted by atomic mass is 9.90. The number of non-ortho nitro benzene ring substituents is 1. The lowest BCUT2D eigenvalue weighted by molar-refractivity contribution is -0.384. The zero-order valence-corrected chi connectivity index (χ0v) is 17.9. The first-order valence-corrected chi connectivity index (χ1v) is 10.6. The van der Waals surface area contributed by atoms with Gasteiger partial charge in [-0.1, -0.05) is 36.4 Å². The Labute approximate surface area is 194 Å². The second-order valence-electron chi connectivity index (χ2n) is 7.86. The van der Waals surface area contributed by atoms with Gasteiger partial charge >= 0.3 is 0 Å². The summed E-state index contributed by atoms with van der Waals surface area (Å²) in [6.07, 6.45) is 3.34. The molecule has 1 amide bonds. The minimum atomic E-state index is -0.800. The topological polar surface area (TPSA) is 139 Å². The number of rotatable bonds is 6. The molecule has 4 aromatic rings. The van der Waals surface area contributed by atoms with Crippen LogP contribution in [-0.4, -0.2) is 26.5 Å². The minimum absolute atomic E-state index is 0.0815. The minimum Gasteiger partial charge on any atom is -0.345 e. The first-order chi connectivity index (χ1) is 16.5. The van der Waals surface area contributed by atoms with Crippen LogP contribution in [0.25, 0.3) is 11.3 Å². The number of H-pyrrole nitrogens is 1. The highest BCUT2D eigenvalue weighted by molar-refractivity contribution is 6.24. The Kier molecular flexibility index (Phi) is 5.44. The normalized spacial score (nSPS) is 15.1. The van der Waals surface area contributed by atoms with Crippen molar-refractivity contribution < 1.29 is 9.72 Å². The van der Waals surface area contributed by atoms with Crippen LogP contribution in [0.5, 0.6) is 0 Å². The average Bonchev–Trinajstić information content (AvgIpc) is 3.50. The fourth-order valence-electron chi connectivity index (χ4n) is 4.01. The smallest absolute Gasteiger partial charge is 0.269 e. The highest BCUT2D eigenvalue weighted by Gasteiger charge is 2.36. The van der Waals surface area contributed by atoms with Crippen molar-refractivity contribution in [1.29, 1.82) is 0 Å². The van der Waals surface area contributed by atoms with E-state index in [2.05, 4.69) is 15.3 Å². The molecule has 1 aromatic heterocycles. The number of anilines is 1. The van der Waals surface area contributed by atoms with Gasteiger partial charge < -0.3 is 16.0 Å². The number of hydrogen-bond donors (Lipinski definition) is 3. The van der Waals surface area contributed by atoms with Gasteiger partial charge in [0.2, 0.25) is 5.91 Å². The van der Waals surface area contributed by atoms with Crippen molar-refractivity contribution in [2.75, 3.05) is 5.32 Å². The molecule has 4 N–H and O–H groups in total. The highest BCUT2D eigenvalue weighted by Crippen LogP contribution is 2.38. The van der Waals surface area contributed by atoms with E-state index in [9.17, 15) is 14.9 Å². The van der Waals surface area contributed by atoms with Gasteiger partial charge in [-0.15, -0.1) is 0 Å². The number of hydrogen-bond acceptors (Lipinski definition) is 6. The van der Waals surface area contributed by atoms with Gasteiger partial charge in [0, 0.05) is 29.9 Å². The summed E-state index contributed by atoms with van der Waals surface area (Å²) >= 11 is 0. The van der Waals surface area contributed by atoms with Crippen molar-refractivity contribution in [3.8, 4) is 11.3 Å². The Morgan fingerprint density at radius 2 is 1.85 bits per heavy atom. The second-order valence-corrected chi connectivity index (χ2v) is 7.86. The summed E-state index contributed by atoms with van der Waals surface area (Å²) in [5.41, 5.74) is 11.4. The number of amides is 1. The summed E-state index contributed by atoms with van der Waals surface area (Å²) in [5.74, 6) is -1.09. The van der Waals surface area contributed by atoms with Crippen LogP contribution in [0.4, 0.5) is 17.1 Å². The molecule has 0 spiro atoms. The molecule has 1 aliphatic heterocycles. The van der Waals surface area contributed by atoms with Crippen molar-refractivity contribution in [3.63, 3.8) is 0 Å². The van der Waals surface area contributed by atoms with E-state index in [4.69, 9.17) is 10.7 Å². The zero-order valence-electron chi connectivity index (χ0n) is 17.9. The van der Waals surface area contributed by atoms with Crippen molar-refractivity contribution in [3.05, 3.63) is 106 Å². The number of nitro groups is 1. The van der Waals surface area contributed by atoms with Crippen molar-refractivity contribution in [1.82, 2.24) is 9.97 Å². The summed E-state index contributed by atoms with van der Waals surface area (Å²) in [6.45, 7) is 0.390. The van der Waals surface area contributed by atoms with E-state index in [-0.39, 0.29) is 11.6 Å². The summed E-state index contributed by atoms with van der Waals surface area (Å²) in [7, 11) is 0. The first kappa shape index (κ1) is 21.2. The fourth-order valence-corrected chi connectivity index (χ4v) is 4.01. The second kappa shape index (κ2) is 8.72. The average molecular weight is 452 g/mol. The standard InChI is InChI=1S/C25H20N6O3/c26-12-15-1-3-17(4-2-15)24(29-18-7-5-16(6-8-18)22-13-27-14-28-22)23-20-11-19(31(33)34)9-10-21(20)30-25(23)32/h1-11,13-14,23H,12,26H2,(H,27,28)(H,30,32). The summed E-state index contributed by atoms with van der Waals surface area (Å²) in [4.78, 5) is 35.9. The van der Waals surface area contributed by atoms with E-state index in [1.165, 1.54) is 12.1 Å². The monoisotopic (exact) mass is 452 g/mol. The Balaban J connectivity index is 1.62. The molecule has 9 heteroatoms. The maximum absolute atomic E-state index is 13.1. The Morgan fingerprint density at radius 1 is 1.09 bits per heavy atom. The Morgan fingerprint density at radius 3 is 2.50 bits per heavy atom. The lowest BCUT2D eigenvalue weighted by Crippen LogP contribution is -2.22. The van der Waals surface area contributed by atoms with Crippen molar-refractivity contribution in [2.45, 2.75) is 12.5 Å². The van der Waals surface area contributed by atoms with Crippen molar-refractivity contribution >= 4 is 28.7 Å². The third-order valence-electron chi connectivity index (χ3n) is 5.76. The summed E-state index contributed by atoms with van der Waals surface area (Å²) in [5, 5.41) is 14.2. The number of aliphatic imine (C=N–C) groups is 1. The van der Waals surface area contributed by atoms with Crippen LogP contribution in [0.1, 0.15) is 22.6 Å². The molecule has 9 nitrogen and oxygen atoms in total. The molecule has 0 aliphatic carbocycles. The number of aromatic nitrogens is 2. The molecule has 1 atom stereocenters. The molecule has 3 aromatic carbocycles. The quantitative estimate of drug-likeness (QED) is 0.227. The number of carbonyl (C=O) groups is 1. The number of imidazole rings is 1. The van der Waals surface area contributed by atoms with Crippen LogP contribution in [-0.2, 0) is 11.3 Å². The molecule has 0 saturated heterocycles. The van der Waals surface area contributed by atoms with Gasteiger partial charge in [0.25, 0.3) is 5.69 Å². The number of nitrogens with one attached hydrogen (secondary N) is 2. The van der Waals surface area contributed by atoms with Gasteiger partial charge in [-0.3, -0.25) is 19.9 Å². The Bertz CT molecular complexity index is 1390. The van der Waals surface area contributed by atoms with Gasteiger partial charge in [-0.05, 0) is 34.9 Å². The van der Waals surface area contributed by atoms with E-state index in [1.807, 2.05) is 48.5 Å². The van der Waals surface area contributed by atoms with Crippen LogP contribution in [0.15, 0.2) is 84.2 Å². The molecule has 2 heterocycles. The number of nitrogens with two attached hydrogens (primary N) is 1. The molecule has 0 radical (unpaired) electrons. The number of nitrogens with zero attached hydrogens (tertiary/aromatic N) is 3. The summed E-state index contributed by atoms with van der Waals surface area (Å²) < 4.78 is 0. The van der Waals surface area contributed by atoms with Gasteiger partial charge in [-0.25, -0.2) is 4.98 Å². The van der Waals surface area contributed by atoms with E-state index in [0.29, 0.717) is 29.2 Å². The van der Waals surface area contributed by atoms with Gasteiger partial charge in [0.15, 0.2) is 0 Å². The van der Waals surface area contributed by atoms with Crippen LogP contribution in [0.3, 0.4) is 0 Å². The van der Waals surface area contributed by atoms with E-state index >= 15 is 0 Å². The molecule has 0 fully saturated rings. The molecular weight excluding hydrogens is 432 g/mol. The summed E-state index contributed by atoms with van der Waals surface area (Å²) in [6, 6.07) is 19.4. The predicted molar refractivity (Wildman–Crippen MR) is 129 cm³/mol. The van der Waals surface area contributed by atoms with Gasteiger partial charge in [-0.2, -0.15) is 0 Å².